The molecule has 0 bridgehead atoms. The van der Waals surface area contributed by atoms with Crippen molar-refractivity contribution < 1.29 is 4.39 Å². The molecule has 2 nitrogen and oxygen atoms in total. The van der Waals surface area contributed by atoms with Gasteiger partial charge in [-0.05, 0) is 36.3 Å². The molecule has 0 atom stereocenters. The third-order valence-electron chi connectivity index (χ3n) is 3.01. The second kappa shape index (κ2) is 5.83. The lowest BCUT2D eigenvalue weighted by Crippen LogP contribution is -2.19. The first-order valence-electron chi connectivity index (χ1n) is 5.73. The van der Waals surface area contributed by atoms with Crippen LogP contribution in [0.25, 0.3) is 0 Å². The molecule has 1 aliphatic rings. The van der Waals surface area contributed by atoms with Crippen LogP contribution in [0.3, 0.4) is 0 Å². The molecule has 1 aromatic rings. The number of nitrogen functional groups attached to an aromatic ring is 1. The number of nitrogens with two attached hydrogens (primary N) is 1. The maximum atomic E-state index is 13.3. The number of benzene rings is 1. The molecule has 2 rings (SSSR count). The number of hydrogen-bond donors (Lipinski definition) is 2. The van der Waals surface area contributed by atoms with Crippen molar-refractivity contribution in [3.63, 3.8) is 0 Å². The first-order valence-corrected chi connectivity index (χ1v) is 7.26. The van der Waals surface area contributed by atoms with Crippen molar-refractivity contribution in [3.8, 4) is 0 Å². The van der Waals surface area contributed by atoms with Crippen molar-refractivity contribution >= 4 is 34.7 Å². The highest BCUT2D eigenvalue weighted by Crippen LogP contribution is 2.28. The van der Waals surface area contributed by atoms with E-state index in [0.29, 0.717) is 17.3 Å². The molecule has 0 aromatic heterocycles. The number of anilines is 2. The Hall–Kier alpha value is -0.610. The van der Waals surface area contributed by atoms with Gasteiger partial charge < -0.3 is 11.1 Å². The maximum absolute atomic E-state index is 13.3. The van der Waals surface area contributed by atoms with Crippen molar-refractivity contribution in [3.05, 3.63) is 23.0 Å². The third kappa shape index (κ3) is 3.42. The Morgan fingerprint density at radius 3 is 2.82 bits per heavy atom. The number of hydrogen-bond acceptors (Lipinski definition) is 3. The number of thioether (sulfide) groups is 1. The molecular formula is C12H16ClFN2S. The molecule has 1 aliphatic heterocycles. The van der Waals surface area contributed by atoms with Crippen LogP contribution in [0.1, 0.15) is 12.8 Å². The third-order valence-corrected chi connectivity index (χ3v) is 4.35. The van der Waals surface area contributed by atoms with Crippen LogP contribution in [0, 0.1) is 11.7 Å². The predicted molar refractivity (Wildman–Crippen MR) is 74.4 cm³/mol. The van der Waals surface area contributed by atoms with Crippen LogP contribution >= 0.6 is 23.4 Å². The minimum Gasteiger partial charge on any atom is -0.397 e. The second-order valence-corrected chi connectivity index (χ2v) is 5.92. The highest BCUT2D eigenvalue weighted by Gasteiger charge is 2.14. The summed E-state index contributed by atoms with van der Waals surface area (Å²) in [6, 6.07) is 2.82. The van der Waals surface area contributed by atoms with Gasteiger partial charge in [-0.2, -0.15) is 11.8 Å². The average Bonchev–Trinajstić information content (AvgIpc) is 2.33. The Balaban J connectivity index is 1.96. The molecule has 0 aliphatic carbocycles. The SMILES string of the molecule is Nc1cc(Cl)c(F)cc1NCC1CCSCC1. The summed E-state index contributed by atoms with van der Waals surface area (Å²) < 4.78 is 13.3. The minimum absolute atomic E-state index is 0.0714. The van der Waals surface area contributed by atoms with Gasteiger partial charge in [0.1, 0.15) is 5.82 Å². The highest BCUT2D eigenvalue weighted by molar-refractivity contribution is 7.99. The van der Waals surface area contributed by atoms with Gasteiger partial charge in [0.05, 0.1) is 16.4 Å². The van der Waals surface area contributed by atoms with Crippen LogP contribution in [0.15, 0.2) is 12.1 Å². The van der Waals surface area contributed by atoms with Gasteiger partial charge in [0.2, 0.25) is 0 Å². The zero-order chi connectivity index (χ0) is 12.3. The van der Waals surface area contributed by atoms with Crippen LogP contribution in [0.5, 0.6) is 0 Å². The summed E-state index contributed by atoms with van der Waals surface area (Å²) in [5.74, 6) is 2.67. The van der Waals surface area contributed by atoms with Crippen LogP contribution < -0.4 is 11.1 Å². The summed E-state index contributed by atoms with van der Waals surface area (Å²) in [4.78, 5) is 0. The largest absolute Gasteiger partial charge is 0.397 e. The van der Waals surface area contributed by atoms with Crippen molar-refractivity contribution in [1.29, 1.82) is 0 Å². The van der Waals surface area contributed by atoms with Crippen LogP contribution in [-0.2, 0) is 0 Å². The Morgan fingerprint density at radius 1 is 1.41 bits per heavy atom. The summed E-state index contributed by atoms with van der Waals surface area (Å²) in [5.41, 5.74) is 6.93. The van der Waals surface area contributed by atoms with Gasteiger partial charge in [0.25, 0.3) is 0 Å². The summed E-state index contributed by atoms with van der Waals surface area (Å²) in [6.45, 7) is 0.853. The van der Waals surface area contributed by atoms with Gasteiger partial charge >= 0.3 is 0 Å². The van der Waals surface area contributed by atoms with Crippen molar-refractivity contribution in [2.75, 3.05) is 29.1 Å². The number of nitrogens with one attached hydrogen (secondary N) is 1. The van der Waals surface area contributed by atoms with E-state index in [1.54, 1.807) is 0 Å². The lowest BCUT2D eigenvalue weighted by Gasteiger charge is -2.22. The highest BCUT2D eigenvalue weighted by atomic mass is 35.5. The molecule has 94 valence electrons. The van der Waals surface area contributed by atoms with Gasteiger partial charge in [-0.25, -0.2) is 4.39 Å². The predicted octanol–water partition coefficient (Wildman–Crippen LogP) is 3.62. The van der Waals surface area contributed by atoms with E-state index < -0.39 is 5.82 Å². The fraction of sp³-hybridized carbons (Fsp3) is 0.500. The molecular weight excluding hydrogens is 259 g/mol. The first kappa shape index (κ1) is 12.8. The van der Waals surface area contributed by atoms with Crippen LogP contribution in [0.2, 0.25) is 5.02 Å². The fourth-order valence-corrected chi connectivity index (χ4v) is 3.30. The molecule has 1 heterocycles. The molecule has 5 heteroatoms. The topological polar surface area (TPSA) is 38.0 Å². The molecule has 0 spiro atoms. The fourth-order valence-electron chi connectivity index (χ4n) is 1.92. The molecule has 1 saturated heterocycles. The summed E-state index contributed by atoms with van der Waals surface area (Å²) in [7, 11) is 0. The zero-order valence-corrected chi connectivity index (χ0v) is 11.1. The Kier molecular flexibility index (Phi) is 4.40. The zero-order valence-electron chi connectivity index (χ0n) is 9.51. The Labute approximate surface area is 110 Å². The molecule has 0 unspecified atom stereocenters. The summed E-state index contributed by atoms with van der Waals surface area (Å²) in [6.07, 6.45) is 2.43. The molecule has 0 saturated carbocycles. The minimum atomic E-state index is -0.428. The lowest BCUT2D eigenvalue weighted by molar-refractivity contribution is 0.516. The van der Waals surface area contributed by atoms with Crippen molar-refractivity contribution in [1.82, 2.24) is 0 Å². The van der Waals surface area contributed by atoms with E-state index in [4.69, 9.17) is 17.3 Å². The van der Waals surface area contributed by atoms with Gasteiger partial charge in [-0.15, -0.1) is 0 Å². The molecule has 0 amide bonds. The maximum Gasteiger partial charge on any atom is 0.143 e. The lowest BCUT2D eigenvalue weighted by atomic mass is 10.0. The summed E-state index contributed by atoms with van der Waals surface area (Å²) in [5, 5.41) is 3.29. The molecule has 1 fully saturated rings. The van der Waals surface area contributed by atoms with Crippen LogP contribution in [-0.4, -0.2) is 18.1 Å². The second-order valence-electron chi connectivity index (χ2n) is 4.29. The van der Waals surface area contributed by atoms with Gasteiger partial charge in [-0.1, -0.05) is 11.6 Å². The van der Waals surface area contributed by atoms with E-state index in [2.05, 4.69) is 5.32 Å². The standard InChI is InChI=1S/C12H16ClFN2S/c13-9-5-11(15)12(6-10(9)14)16-7-8-1-3-17-4-2-8/h5-6,8,16H,1-4,7,15H2. The first-order chi connectivity index (χ1) is 8.16. The monoisotopic (exact) mass is 274 g/mol. The van der Waals surface area contributed by atoms with Gasteiger partial charge in [0, 0.05) is 12.6 Å². The van der Waals surface area contributed by atoms with E-state index in [1.807, 2.05) is 11.8 Å². The molecule has 3 N–H and O–H groups in total. The van der Waals surface area contributed by atoms with E-state index >= 15 is 0 Å². The van der Waals surface area contributed by atoms with E-state index in [9.17, 15) is 4.39 Å². The summed E-state index contributed by atoms with van der Waals surface area (Å²) >= 11 is 7.65. The number of rotatable bonds is 3. The van der Waals surface area contributed by atoms with Crippen molar-refractivity contribution in [2.45, 2.75) is 12.8 Å². The smallest absolute Gasteiger partial charge is 0.143 e. The number of halogens is 2. The van der Waals surface area contributed by atoms with E-state index in [-0.39, 0.29) is 5.02 Å². The van der Waals surface area contributed by atoms with Crippen LogP contribution in [0.4, 0.5) is 15.8 Å². The van der Waals surface area contributed by atoms with Gasteiger partial charge in [0.15, 0.2) is 0 Å². The average molecular weight is 275 g/mol. The molecule has 1 aromatic carbocycles. The van der Waals surface area contributed by atoms with E-state index in [1.165, 1.54) is 36.5 Å². The molecule has 0 radical (unpaired) electrons. The normalized spacial score (nSPS) is 17.1. The Morgan fingerprint density at radius 2 is 2.12 bits per heavy atom. The Bertz CT molecular complexity index is 394. The quantitative estimate of drug-likeness (QED) is 0.827. The van der Waals surface area contributed by atoms with Crippen molar-refractivity contribution in [2.24, 2.45) is 5.92 Å². The van der Waals surface area contributed by atoms with E-state index in [0.717, 1.165) is 6.54 Å². The van der Waals surface area contributed by atoms with Gasteiger partial charge in [-0.3, -0.25) is 0 Å². The molecule has 17 heavy (non-hydrogen) atoms.